The highest BCUT2D eigenvalue weighted by Gasteiger charge is 2.18. The maximum absolute atomic E-state index is 13.2. The topological polar surface area (TPSA) is 61.5 Å². The van der Waals surface area contributed by atoms with Gasteiger partial charge < -0.3 is 9.64 Å². The van der Waals surface area contributed by atoms with Crippen molar-refractivity contribution in [1.82, 2.24) is 9.27 Å². The molecule has 1 aromatic heterocycles. The molecule has 0 saturated carbocycles. The quantitative estimate of drug-likeness (QED) is 0.334. The van der Waals surface area contributed by atoms with Crippen LogP contribution in [0.15, 0.2) is 41.4 Å². The molecule has 0 atom stereocenters. The van der Waals surface area contributed by atoms with Crippen molar-refractivity contribution in [3.63, 3.8) is 0 Å². The first-order valence-electron chi connectivity index (χ1n) is 9.62. The smallest absolute Gasteiger partial charge is 0.218 e. The van der Waals surface area contributed by atoms with Crippen LogP contribution in [0.5, 0.6) is 10.8 Å². The van der Waals surface area contributed by atoms with Gasteiger partial charge >= 0.3 is 0 Å². The van der Waals surface area contributed by atoms with Gasteiger partial charge in [-0.15, -0.1) is 0 Å². The lowest BCUT2D eigenvalue weighted by Crippen LogP contribution is -2.16. The van der Waals surface area contributed by atoms with Crippen LogP contribution in [0.3, 0.4) is 0 Å². The van der Waals surface area contributed by atoms with E-state index in [2.05, 4.69) is 22.4 Å². The summed E-state index contributed by atoms with van der Waals surface area (Å²) in [7, 11) is 2.00. The first-order valence-corrected chi connectivity index (χ1v) is 10.4. The summed E-state index contributed by atoms with van der Waals surface area (Å²) in [6.45, 7) is 6.99. The lowest BCUT2D eigenvalue weighted by Gasteiger charge is -2.13. The van der Waals surface area contributed by atoms with Crippen molar-refractivity contribution in [2.75, 3.05) is 13.6 Å². The number of halogens is 1. The summed E-state index contributed by atoms with van der Waals surface area (Å²) < 4.78 is 23.6. The zero-order valence-electron chi connectivity index (χ0n) is 17.4. The standard InChI is InChI=1S/C23H23FN4OS/c1-5-10-28(4)14-26-20-11-16(3)21(12-15(20)2)29-23-19(13-25)22(27-30-23)17-6-8-18(24)9-7-17/h6-9,11-12,14H,5,10H2,1-4H3/b26-14-. The second-order valence-electron chi connectivity index (χ2n) is 7.04. The average molecular weight is 423 g/mol. The van der Waals surface area contributed by atoms with Crippen molar-refractivity contribution in [3.05, 3.63) is 58.9 Å². The molecule has 30 heavy (non-hydrogen) atoms. The summed E-state index contributed by atoms with van der Waals surface area (Å²) in [5.41, 5.74) is 4.26. The Labute approximate surface area is 180 Å². The Kier molecular flexibility index (Phi) is 6.80. The number of rotatable bonds is 7. The highest BCUT2D eigenvalue weighted by atomic mass is 32.1. The number of hydrogen-bond acceptors (Lipinski definition) is 5. The third-order valence-electron chi connectivity index (χ3n) is 4.56. The van der Waals surface area contributed by atoms with Crippen molar-refractivity contribution >= 4 is 23.6 Å². The van der Waals surface area contributed by atoms with E-state index < -0.39 is 0 Å². The minimum absolute atomic E-state index is 0.335. The van der Waals surface area contributed by atoms with Gasteiger partial charge in [0.15, 0.2) is 0 Å². The largest absolute Gasteiger partial charge is 0.443 e. The van der Waals surface area contributed by atoms with Crippen LogP contribution >= 0.6 is 11.5 Å². The molecule has 0 saturated heterocycles. The fourth-order valence-corrected chi connectivity index (χ4v) is 3.67. The Morgan fingerprint density at radius 1 is 1.23 bits per heavy atom. The van der Waals surface area contributed by atoms with Gasteiger partial charge in [0.2, 0.25) is 5.06 Å². The lowest BCUT2D eigenvalue weighted by molar-refractivity contribution is 0.491. The Balaban J connectivity index is 1.87. The highest BCUT2D eigenvalue weighted by molar-refractivity contribution is 7.08. The molecule has 0 radical (unpaired) electrons. The number of nitriles is 1. The van der Waals surface area contributed by atoms with Crippen LogP contribution in [0.25, 0.3) is 11.3 Å². The van der Waals surface area contributed by atoms with Gasteiger partial charge in [-0.2, -0.15) is 9.64 Å². The molecule has 0 fully saturated rings. The summed E-state index contributed by atoms with van der Waals surface area (Å²) in [6.07, 6.45) is 2.89. The molecule has 0 unspecified atom stereocenters. The van der Waals surface area contributed by atoms with Crippen molar-refractivity contribution < 1.29 is 9.13 Å². The van der Waals surface area contributed by atoms with E-state index in [-0.39, 0.29) is 5.82 Å². The summed E-state index contributed by atoms with van der Waals surface area (Å²) in [6, 6.07) is 12.0. The van der Waals surface area contributed by atoms with E-state index in [0.717, 1.165) is 41.3 Å². The molecule has 5 nitrogen and oxygen atoms in total. The van der Waals surface area contributed by atoms with E-state index in [1.54, 1.807) is 12.1 Å². The summed E-state index contributed by atoms with van der Waals surface area (Å²) in [5.74, 6) is 0.317. The van der Waals surface area contributed by atoms with E-state index in [0.29, 0.717) is 27.6 Å². The highest BCUT2D eigenvalue weighted by Crippen LogP contribution is 2.38. The summed E-state index contributed by atoms with van der Waals surface area (Å²) in [5, 5.41) is 10.1. The molecule has 7 heteroatoms. The molecule has 0 aliphatic rings. The van der Waals surface area contributed by atoms with Crippen LogP contribution in [0.1, 0.15) is 30.0 Å². The maximum Gasteiger partial charge on any atom is 0.218 e. The SMILES string of the molecule is CCCN(C)/C=N\c1cc(C)c(Oc2snc(-c3ccc(F)cc3)c2C#N)cc1C. The van der Waals surface area contributed by atoms with E-state index in [1.807, 2.05) is 44.3 Å². The summed E-state index contributed by atoms with van der Waals surface area (Å²) >= 11 is 1.11. The van der Waals surface area contributed by atoms with E-state index in [9.17, 15) is 9.65 Å². The molecule has 1 heterocycles. The van der Waals surface area contributed by atoms with Gasteiger partial charge in [0, 0.05) is 30.7 Å². The average Bonchev–Trinajstić information content (AvgIpc) is 3.12. The van der Waals surface area contributed by atoms with Crippen LogP contribution < -0.4 is 4.74 Å². The molecule has 154 valence electrons. The maximum atomic E-state index is 13.2. The zero-order valence-corrected chi connectivity index (χ0v) is 18.3. The number of aliphatic imine (C=N–C) groups is 1. The second kappa shape index (κ2) is 9.51. The molecule has 0 N–H and O–H groups in total. The Bertz CT molecular complexity index is 1100. The summed E-state index contributed by atoms with van der Waals surface area (Å²) in [4.78, 5) is 6.62. The first kappa shape index (κ1) is 21.5. The molecular weight excluding hydrogens is 399 g/mol. The normalized spacial score (nSPS) is 10.9. The molecular formula is C23H23FN4OS. The zero-order chi connectivity index (χ0) is 21.7. The van der Waals surface area contributed by atoms with Crippen LogP contribution in [0, 0.1) is 31.0 Å². The lowest BCUT2D eigenvalue weighted by atomic mass is 10.1. The number of nitrogens with zero attached hydrogens (tertiary/aromatic N) is 4. The van der Waals surface area contributed by atoms with Gasteiger partial charge in [-0.05, 0) is 67.8 Å². The molecule has 0 aliphatic heterocycles. The number of ether oxygens (including phenoxy) is 1. The molecule has 3 aromatic rings. The number of benzene rings is 2. The predicted molar refractivity (Wildman–Crippen MR) is 119 cm³/mol. The van der Waals surface area contributed by atoms with E-state index >= 15 is 0 Å². The molecule has 3 rings (SSSR count). The van der Waals surface area contributed by atoms with Crippen LogP contribution in [-0.2, 0) is 0 Å². The number of aryl methyl sites for hydroxylation is 2. The third kappa shape index (κ3) is 4.84. The van der Waals surface area contributed by atoms with Crippen molar-refractivity contribution in [3.8, 4) is 28.1 Å². The van der Waals surface area contributed by atoms with Crippen molar-refractivity contribution in [1.29, 1.82) is 5.26 Å². The van der Waals surface area contributed by atoms with Gasteiger partial charge in [0.1, 0.15) is 28.9 Å². The molecule has 0 aliphatic carbocycles. The van der Waals surface area contributed by atoms with Gasteiger partial charge in [0.05, 0.1) is 12.0 Å². The minimum atomic E-state index is -0.335. The van der Waals surface area contributed by atoms with E-state index in [4.69, 9.17) is 4.74 Å². The molecule has 0 amide bonds. The fraction of sp³-hybridized carbons (Fsp3) is 0.261. The van der Waals surface area contributed by atoms with Gasteiger partial charge in [-0.1, -0.05) is 6.92 Å². The third-order valence-corrected chi connectivity index (χ3v) is 5.28. The Morgan fingerprint density at radius 3 is 2.63 bits per heavy atom. The molecule has 0 spiro atoms. The van der Waals surface area contributed by atoms with Crippen LogP contribution in [-0.4, -0.2) is 29.2 Å². The Morgan fingerprint density at radius 2 is 1.97 bits per heavy atom. The monoisotopic (exact) mass is 422 g/mol. The van der Waals surface area contributed by atoms with Gasteiger partial charge in [0.25, 0.3) is 0 Å². The minimum Gasteiger partial charge on any atom is -0.443 e. The number of hydrogen-bond donors (Lipinski definition) is 0. The molecule has 0 bridgehead atoms. The van der Waals surface area contributed by atoms with Gasteiger partial charge in [-0.25, -0.2) is 9.38 Å². The Hall–Kier alpha value is -3.24. The van der Waals surface area contributed by atoms with E-state index in [1.165, 1.54) is 12.1 Å². The first-order chi connectivity index (χ1) is 14.4. The fourth-order valence-electron chi connectivity index (χ4n) is 2.94. The predicted octanol–water partition coefficient (Wildman–Crippen LogP) is 6.23. The van der Waals surface area contributed by atoms with Crippen LogP contribution in [0.2, 0.25) is 0 Å². The van der Waals surface area contributed by atoms with Crippen LogP contribution in [0.4, 0.5) is 10.1 Å². The second-order valence-corrected chi connectivity index (χ2v) is 7.78. The van der Waals surface area contributed by atoms with Gasteiger partial charge in [-0.3, -0.25) is 0 Å². The number of aromatic nitrogens is 1. The van der Waals surface area contributed by atoms with Crippen molar-refractivity contribution in [2.45, 2.75) is 27.2 Å². The van der Waals surface area contributed by atoms with Crippen molar-refractivity contribution in [2.24, 2.45) is 4.99 Å². The molecule has 2 aromatic carbocycles.